The molecule has 0 aromatic carbocycles. The number of aromatic amines is 1. The van der Waals surface area contributed by atoms with Crippen molar-refractivity contribution in [3.8, 4) is 0 Å². The predicted molar refractivity (Wildman–Crippen MR) is 47.8 cm³/mol. The standard InChI is InChI=1S/C8H10N2O3/c1-3-6-4-7(10(12)13)5(2)9-8(6)11/h4H,3H2,1-2H3,(H,9,11). The van der Waals surface area contributed by atoms with Crippen LogP contribution in [-0.4, -0.2) is 9.91 Å². The van der Waals surface area contributed by atoms with Crippen LogP contribution < -0.4 is 5.56 Å². The van der Waals surface area contributed by atoms with Gasteiger partial charge in [0.2, 0.25) is 0 Å². The van der Waals surface area contributed by atoms with Crippen LogP contribution in [0.3, 0.4) is 0 Å². The minimum Gasteiger partial charge on any atom is -0.320 e. The lowest BCUT2D eigenvalue weighted by atomic mass is 10.2. The van der Waals surface area contributed by atoms with Crippen LogP contribution in [0.5, 0.6) is 0 Å². The van der Waals surface area contributed by atoms with E-state index in [4.69, 9.17) is 0 Å². The average Bonchev–Trinajstić information content (AvgIpc) is 2.03. The summed E-state index contributed by atoms with van der Waals surface area (Å²) < 4.78 is 0. The Morgan fingerprint density at radius 3 is 2.69 bits per heavy atom. The molecule has 13 heavy (non-hydrogen) atoms. The molecule has 0 amide bonds. The van der Waals surface area contributed by atoms with Gasteiger partial charge in [-0.2, -0.15) is 0 Å². The van der Waals surface area contributed by atoms with Crippen molar-refractivity contribution in [1.82, 2.24) is 4.98 Å². The number of hydrogen-bond acceptors (Lipinski definition) is 3. The van der Waals surface area contributed by atoms with E-state index in [1.807, 2.05) is 0 Å². The van der Waals surface area contributed by atoms with Gasteiger partial charge in [-0.1, -0.05) is 6.92 Å². The Morgan fingerprint density at radius 2 is 2.23 bits per heavy atom. The summed E-state index contributed by atoms with van der Waals surface area (Å²) in [5.74, 6) is 0. The van der Waals surface area contributed by atoms with Gasteiger partial charge >= 0.3 is 0 Å². The molecule has 0 atom stereocenters. The lowest BCUT2D eigenvalue weighted by Crippen LogP contribution is -2.14. The minimum absolute atomic E-state index is 0.0311. The maximum absolute atomic E-state index is 11.2. The molecule has 0 spiro atoms. The lowest BCUT2D eigenvalue weighted by molar-refractivity contribution is -0.385. The van der Waals surface area contributed by atoms with Crippen LogP contribution in [0.25, 0.3) is 0 Å². The van der Waals surface area contributed by atoms with Crippen molar-refractivity contribution in [2.45, 2.75) is 20.3 Å². The SMILES string of the molecule is CCc1cc([N+](=O)[O-])c(C)[nH]c1=O. The van der Waals surface area contributed by atoms with Gasteiger partial charge in [-0.3, -0.25) is 14.9 Å². The number of nitro groups is 1. The first-order valence-corrected chi connectivity index (χ1v) is 3.93. The molecule has 5 nitrogen and oxygen atoms in total. The summed E-state index contributed by atoms with van der Waals surface area (Å²) in [6, 6.07) is 1.33. The Bertz CT molecular complexity index is 395. The molecule has 0 aliphatic carbocycles. The van der Waals surface area contributed by atoms with E-state index in [9.17, 15) is 14.9 Å². The highest BCUT2D eigenvalue weighted by Gasteiger charge is 2.13. The molecule has 1 heterocycles. The van der Waals surface area contributed by atoms with Gasteiger partial charge in [0.1, 0.15) is 0 Å². The quantitative estimate of drug-likeness (QED) is 0.550. The van der Waals surface area contributed by atoms with E-state index in [1.54, 1.807) is 6.92 Å². The van der Waals surface area contributed by atoms with Gasteiger partial charge in [-0.05, 0) is 13.3 Å². The first-order chi connectivity index (χ1) is 6.06. The normalized spacial score (nSPS) is 10.0. The highest BCUT2D eigenvalue weighted by Crippen LogP contribution is 2.14. The van der Waals surface area contributed by atoms with Gasteiger partial charge in [0.15, 0.2) is 0 Å². The number of nitrogens with one attached hydrogen (secondary N) is 1. The third kappa shape index (κ3) is 1.74. The fraction of sp³-hybridized carbons (Fsp3) is 0.375. The molecule has 0 unspecified atom stereocenters. The summed E-state index contributed by atoms with van der Waals surface area (Å²) in [5.41, 5.74) is 0.464. The molecule has 0 bridgehead atoms. The van der Waals surface area contributed by atoms with E-state index in [-0.39, 0.29) is 11.2 Å². The first kappa shape index (κ1) is 9.44. The van der Waals surface area contributed by atoms with Gasteiger partial charge in [-0.25, -0.2) is 0 Å². The molecule has 0 radical (unpaired) electrons. The van der Waals surface area contributed by atoms with E-state index in [0.717, 1.165) is 0 Å². The van der Waals surface area contributed by atoms with Crippen LogP contribution in [-0.2, 0) is 6.42 Å². The molecule has 0 saturated carbocycles. The molecule has 1 rings (SSSR count). The Labute approximate surface area is 74.6 Å². The molecular formula is C8H10N2O3. The molecule has 0 fully saturated rings. The maximum atomic E-state index is 11.2. The first-order valence-electron chi connectivity index (χ1n) is 3.93. The van der Waals surface area contributed by atoms with Crippen LogP contribution >= 0.6 is 0 Å². The number of hydrogen-bond donors (Lipinski definition) is 1. The summed E-state index contributed by atoms with van der Waals surface area (Å²) >= 11 is 0. The van der Waals surface area contributed by atoms with E-state index >= 15 is 0 Å². The van der Waals surface area contributed by atoms with Crippen LogP contribution in [0, 0.1) is 17.0 Å². The third-order valence-corrected chi connectivity index (χ3v) is 1.87. The number of nitrogens with zero attached hydrogens (tertiary/aromatic N) is 1. The monoisotopic (exact) mass is 182 g/mol. The Balaban J connectivity index is 3.39. The van der Waals surface area contributed by atoms with Crippen molar-refractivity contribution >= 4 is 5.69 Å². The summed E-state index contributed by atoms with van der Waals surface area (Å²) in [5, 5.41) is 10.5. The Morgan fingerprint density at radius 1 is 1.62 bits per heavy atom. The third-order valence-electron chi connectivity index (χ3n) is 1.87. The Hall–Kier alpha value is -1.65. The second kappa shape index (κ2) is 3.38. The van der Waals surface area contributed by atoms with E-state index in [0.29, 0.717) is 17.7 Å². The van der Waals surface area contributed by atoms with Gasteiger partial charge in [0, 0.05) is 11.6 Å². The molecule has 1 aromatic heterocycles. The molecule has 5 heteroatoms. The zero-order valence-electron chi connectivity index (χ0n) is 7.46. The largest absolute Gasteiger partial charge is 0.320 e. The number of rotatable bonds is 2. The molecule has 0 saturated heterocycles. The Kier molecular flexibility index (Phi) is 2.46. The van der Waals surface area contributed by atoms with Crippen molar-refractivity contribution in [3.05, 3.63) is 37.8 Å². The van der Waals surface area contributed by atoms with Gasteiger partial charge in [-0.15, -0.1) is 0 Å². The van der Waals surface area contributed by atoms with Crippen molar-refractivity contribution in [3.63, 3.8) is 0 Å². The average molecular weight is 182 g/mol. The molecule has 70 valence electrons. The zero-order valence-corrected chi connectivity index (χ0v) is 7.46. The van der Waals surface area contributed by atoms with Gasteiger partial charge in [0.25, 0.3) is 11.2 Å². The fourth-order valence-corrected chi connectivity index (χ4v) is 1.11. The maximum Gasteiger partial charge on any atom is 0.288 e. The summed E-state index contributed by atoms with van der Waals surface area (Å²) in [6.07, 6.45) is 0.496. The lowest BCUT2D eigenvalue weighted by Gasteiger charge is -1.98. The van der Waals surface area contributed by atoms with E-state index < -0.39 is 4.92 Å². The zero-order chi connectivity index (χ0) is 10.0. The van der Waals surface area contributed by atoms with Crippen molar-refractivity contribution in [2.24, 2.45) is 0 Å². The van der Waals surface area contributed by atoms with Crippen LogP contribution in [0.2, 0.25) is 0 Å². The minimum atomic E-state index is -0.496. The van der Waals surface area contributed by atoms with E-state index in [1.165, 1.54) is 13.0 Å². The van der Waals surface area contributed by atoms with Crippen LogP contribution in [0.15, 0.2) is 10.9 Å². The summed E-state index contributed by atoms with van der Waals surface area (Å²) in [6.45, 7) is 3.29. The van der Waals surface area contributed by atoms with Crippen molar-refractivity contribution in [1.29, 1.82) is 0 Å². The summed E-state index contributed by atoms with van der Waals surface area (Å²) in [4.78, 5) is 23.6. The van der Waals surface area contributed by atoms with Crippen molar-refractivity contribution < 1.29 is 4.92 Å². The molecule has 1 aromatic rings. The number of aromatic nitrogens is 1. The highest BCUT2D eigenvalue weighted by molar-refractivity contribution is 5.37. The van der Waals surface area contributed by atoms with E-state index in [2.05, 4.69) is 4.98 Å². The molecule has 1 N–H and O–H groups in total. The molecular weight excluding hydrogens is 172 g/mol. The highest BCUT2D eigenvalue weighted by atomic mass is 16.6. The predicted octanol–water partition coefficient (Wildman–Crippen LogP) is 1.15. The van der Waals surface area contributed by atoms with Crippen molar-refractivity contribution in [2.75, 3.05) is 0 Å². The topological polar surface area (TPSA) is 76.0 Å². The number of aryl methyl sites for hydroxylation is 2. The molecule has 0 aliphatic rings. The summed E-state index contributed by atoms with van der Waals surface area (Å²) in [7, 11) is 0. The fourth-order valence-electron chi connectivity index (χ4n) is 1.11. The van der Waals surface area contributed by atoms with Crippen LogP contribution in [0.4, 0.5) is 5.69 Å². The molecule has 0 aliphatic heterocycles. The number of pyridine rings is 1. The number of H-pyrrole nitrogens is 1. The van der Waals surface area contributed by atoms with Crippen LogP contribution in [0.1, 0.15) is 18.2 Å². The van der Waals surface area contributed by atoms with Gasteiger partial charge in [0.05, 0.1) is 10.6 Å². The van der Waals surface area contributed by atoms with Gasteiger partial charge < -0.3 is 4.98 Å². The second-order valence-corrected chi connectivity index (χ2v) is 2.74. The second-order valence-electron chi connectivity index (χ2n) is 2.74. The smallest absolute Gasteiger partial charge is 0.288 e.